The van der Waals surface area contributed by atoms with Gasteiger partial charge in [0.1, 0.15) is 0 Å². The van der Waals surface area contributed by atoms with Crippen LogP contribution in [-0.4, -0.2) is 31.0 Å². The van der Waals surface area contributed by atoms with Crippen molar-refractivity contribution < 1.29 is 8.42 Å². The molecule has 0 saturated heterocycles. The number of benzene rings is 1. The highest BCUT2D eigenvalue weighted by atomic mass is 32.2. The second-order valence-corrected chi connectivity index (χ2v) is 6.66. The van der Waals surface area contributed by atoms with E-state index in [2.05, 4.69) is 10.4 Å². The molecule has 3 N–H and O–H groups in total. The van der Waals surface area contributed by atoms with Gasteiger partial charge in [-0.05, 0) is 24.3 Å². The maximum atomic E-state index is 11.4. The Labute approximate surface area is 118 Å². The summed E-state index contributed by atoms with van der Waals surface area (Å²) in [4.78, 5) is 0.229. The first-order valence-corrected chi connectivity index (χ1v) is 8.07. The van der Waals surface area contributed by atoms with Gasteiger partial charge in [0.2, 0.25) is 0 Å². The van der Waals surface area contributed by atoms with Gasteiger partial charge in [0.05, 0.1) is 16.3 Å². The summed E-state index contributed by atoms with van der Waals surface area (Å²) < 4.78 is 24.7. The molecule has 0 saturated carbocycles. The minimum Gasteiger partial charge on any atom is -0.397 e. The van der Waals surface area contributed by atoms with E-state index in [1.54, 1.807) is 18.3 Å². The van der Waals surface area contributed by atoms with Gasteiger partial charge in [0.15, 0.2) is 9.84 Å². The summed E-state index contributed by atoms with van der Waals surface area (Å²) in [5.74, 6) is 0. The van der Waals surface area contributed by atoms with Gasteiger partial charge in [0.25, 0.3) is 0 Å². The largest absolute Gasteiger partial charge is 0.397 e. The van der Waals surface area contributed by atoms with Crippen molar-refractivity contribution >= 4 is 21.2 Å². The third-order valence-corrected chi connectivity index (χ3v) is 4.18. The van der Waals surface area contributed by atoms with Crippen LogP contribution < -0.4 is 11.1 Å². The molecule has 0 amide bonds. The lowest BCUT2D eigenvalue weighted by Crippen LogP contribution is -2.10. The van der Waals surface area contributed by atoms with Gasteiger partial charge < -0.3 is 11.1 Å². The molecule has 0 spiro atoms. The highest BCUT2D eigenvalue weighted by molar-refractivity contribution is 7.90. The van der Waals surface area contributed by atoms with E-state index in [4.69, 9.17) is 5.73 Å². The van der Waals surface area contributed by atoms with Crippen molar-refractivity contribution in [3.05, 3.63) is 36.2 Å². The van der Waals surface area contributed by atoms with Crippen molar-refractivity contribution in [3.8, 4) is 0 Å². The van der Waals surface area contributed by atoms with E-state index in [0.29, 0.717) is 12.2 Å². The van der Waals surface area contributed by atoms with Crippen molar-refractivity contribution in [2.45, 2.75) is 11.3 Å². The zero-order chi connectivity index (χ0) is 14.8. The molecule has 20 heavy (non-hydrogen) atoms. The third kappa shape index (κ3) is 3.30. The minimum absolute atomic E-state index is 0.229. The molecule has 0 atom stereocenters. The van der Waals surface area contributed by atoms with Crippen LogP contribution >= 0.6 is 0 Å². The van der Waals surface area contributed by atoms with E-state index < -0.39 is 9.84 Å². The number of aryl methyl sites for hydroxylation is 1. The molecule has 0 aliphatic carbocycles. The van der Waals surface area contributed by atoms with Crippen LogP contribution in [0.1, 0.15) is 5.69 Å². The monoisotopic (exact) mass is 294 g/mol. The van der Waals surface area contributed by atoms with E-state index in [0.717, 1.165) is 24.1 Å². The zero-order valence-electron chi connectivity index (χ0n) is 11.5. The summed E-state index contributed by atoms with van der Waals surface area (Å²) >= 11 is 0. The molecule has 0 fully saturated rings. The number of nitrogens with one attached hydrogen (secondary N) is 1. The number of aromatic nitrogens is 2. The Balaban J connectivity index is 2.02. The number of nitrogens with two attached hydrogens (primary N) is 1. The molecule has 0 bridgehead atoms. The summed E-state index contributed by atoms with van der Waals surface area (Å²) in [6.07, 6.45) is 3.73. The van der Waals surface area contributed by atoms with Crippen molar-refractivity contribution in [2.24, 2.45) is 7.05 Å². The molecule has 0 unspecified atom stereocenters. The molecule has 2 aromatic rings. The summed E-state index contributed by atoms with van der Waals surface area (Å²) in [7, 11) is -1.33. The van der Waals surface area contributed by atoms with E-state index >= 15 is 0 Å². The Bertz CT molecular complexity index is 707. The first-order chi connectivity index (χ1) is 9.38. The molecular formula is C13H18N4O2S. The molecular weight excluding hydrogens is 276 g/mol. The Morgan fingerprint density at radius 3 is 2.65 bits per heavy atom. The number of sulfone groups is 1. The average molecular weight is 294 g/mol. The van der Waals surface area contributed by atoms with Crippen molar-refractivity contribution in [3.63, 3.8) is 0 Å². The number of rotatable bonds is 5. The van der Waals surface area contributed by atoms with Gasteiger partial charge in [-0.1, -0.05) is 0 Å². The van der Waals surface area contributed by atoms with Gasteiger partial charge in [-0.25, -0.2) is 8.42 Å². The molecule has 108 valence electrons. The van der Waals surface area contributed by atoms with Crippen LogP contribution in [-0.2, 0) is 23.3 Å². The third-order valence-electron chi connectivity index (χ3n) is 3.07. The average Bonchev–Trinajstić information content (AvgIpc) is 2.76. The maximum absolute atomic E-state index is 11.4. The van der Waals surface area contributed by atoms with Gasteiger partial charge >= 0.3 is 0 Å². The van der Waals surface area contributed by atoms with E-state index in [1.165, 1.54) is 6.07 Å². The van der Waals surface area contributed by atoms with Crippen LogP contribution in [0.2, 0.25) is 0 Å². The van der Waals surface area contributed by atoms with Gasteiger partial charge in [-0.15, -0.1) is 0 Å². The normalized spacial score (nSPS) is 11.5. The van der Waals surface area contributed by atoms with Gasteiger partial charge in [-0.2, -0.15) is 5.10 Å². The van der Waals surface area contributed by atoms with Crippen molar-refractivity contribution in [2.75, 3.05) is 23.9 Å². The molecule has 0 aliphatic heterocycles. The number of nitrogen functional groups attached to an aromatic ring is 1. The molecule has 7 heteroatoms. The number of nitrogens with zero attached hydrogens (tertiary/aromatic N) is 2. The predicted molar refractivity (Wildman–Crippen MR) is 79.4 cm³/mol. The van der Waals surface area contributed by atoms with Crippen LogP contribution in [0.5, 0.6) is 0 Å². The van der Waals surface area contributed by atoms with E-state index in [9.17, 15) is 8.42 Å². The Hall–Kier alpha value is -2.02. The van der Waals surface area contributed by atoms with Crippen LogP contribution in [0, 0.1) is 0 Å². The summed E-state index contributed by atoms with van der Waals surface area (Å²) in [6, 6.07) is 6.67. The second-order valence-electron chi connectivity index (χ2n) is 4.64. The number of hydrogen-bond donors (Lipinski definition) is 2. The quantitative estimate of drug-likeness (QED) is 0.805. The Kier molecular flexibility index (Phi) is 3.99. The van der Waals surface area contributed by atoms with Crippen LogP contribution in [0.25, 0.3) is 0 Å². The maximum Gasteiger partial charge on any atom is 0.175 e. The molecule has 0 aliphatic rings. The topological polar surface area (TPSA) is 90.0 Å². The first kappa shape index (κ1) is 14.4. The smallest absolute Gasteiger partial charge is 0.175 e. The fourth-order valence-electron chi connectivity index (χ4n) is 1.90. The highest BCUT2D eigenvalue weighted by Crippen LogP contribution is 2.22. The Morgan fingerprint density at radius 1 is 1.35 bits per heavy atom. The molecule has 0 radical (unpaired) electrons. The van der Waals surface area contributed by atoms with Crippen LogP contribution in [0.4, 0.5) is 11.4 Å². The highest BCUT2D eigenvalue weighted by Gasteiger charge is 2.09. The summed E-state index contributed by atoms with van der Waals surface area (Å²) in [6.45, 7) is 0.696. The lowest BCUT2D eigenvalue weighted by atomic mass is 10.2. The molecule has 1 aromatic carbocycles. The fraction of sp³-hybridized carbons (Fsp3) is 0.308. The van der Waals surface area contributed by atoms with Crippen LogP contribution in [0.15, 0.2) is 35.4 Å². The summed E-state index contributed by atoms with van der Waals surface area (Å²) in [5, 5.41) is 7.29. The number of hydrogen-bond acceptors (Lipinski definition) is 5. The van der Waals surface area contributed by atoms with Gasteiger partial charge in [0, 0.05) is 38.2 Å². The first-order valence-electron chi connectivity index (χ1n) is 6.18. The predicted octanol–water partition coefficient (Wildman–Crippen LogP) is 1.06. The molecule has 1 aromatic heterocycles. The standard InChI is InChI=1S/C13H18N4O2S/c1-17-10(6-8-16-17)5-7-15-13-4-3-11(9-12(13)14)20(2,18)19/h3-4,6,8-9,15H,5,7,14H2,1-2H3. The Morgan fingerprint density at radius 2 is 2.10 bits per heavy atom. The fourth-order valence-corrected chi connectivity index (χ4v) is 2.56. The van der Waals surface area contributed by atoms with Gasteiger partial charge in [-0.3, -0.25) is 4.68 Å². The molecule has 1 heterocycles. The lowest BCUT2D eigenvalue weighted by molar-refractivity contribution is 0.602. The molecule has 6 nitrogen and oxygen atoms in total. The lowest BCUT2D eigenvalue weighted by Gasteiger charge is -2.10. The zero-order valence-corrected chi connectivity index (χ0v) is 12.3. The number of anilines is 2. The summed E-state index contributed by atoms with van der Waals surface area (Å²) in [5.41, 5.74) is 8.14. The second kappa shape index (κ2) is 5.54. The molecule has 2 rings (SSSR count). The van der Waals surface area contributed by atoms with Crippen LogP contribution in [0.3, 0.4) is 0 Å². The van der Waals surface area contributed by atoms with Crippen molar-refractivity contribution in [1.29, 1.82) is 0 Å². The minimum atomic E-state index is -3.22. The van der Waals surface area contributed by atoms with E-state index in [1.807, 2.05) is 17.8 Å². The SMILES string of the molecule is Cn1nccc1CCNc1ccc(S(C)(=O)=O)cc1N. The van der Waals surface area contributed by atoms with Crippen molar-refractivity contribution in [1.82, 2.24) is 9.78 Å². The van der Waals surface area contributed by atoms with E-state index in [-0.39, 0.29) is 4.90 Å².